The summed E-state index contributed by atoms with van der Waals surface area (Å²) in [6, 6.07) is 4.96. The first-order valence-corrected chi connectivity index (χ1v) is 5.65. The van der Waals surface area contributed by atoms with Crippen molar-refractivity contribution < 1.29 is 35.5 Å². The monoisotopic (exact) mass is 325 g/mol. The minimum absolute atomic E-state index is 0.147. The van der Waals surface area contributed by atoms with Crippen molar-refractivity contribution in [3.05, 3.63) is 47.9 Å². The zero-order valence-electron chi connectivity index (χ0n) is 10.5. The first-order chi connectivity index (χ1) is 10.0. The van der Waals surface area contributed by atoms with Crippen molar-refractivity contribution >= 4 is 0 Å². The van der Waals surface area contributed by atoms with Gasteiger partial charge in [0.05, 0.1) is 5.69 Å². The van der Waals surface area contributed by atoms with Crippen LogP contribution in [0.3, 0.4) is 0 Å². The van der Waals surface area contributed by atoms with E-state index in [1.165, 1.54) is 6.07 Å². The van der Waals surface area contributed by atoms with Gasteiger partial charge in [0, 0.05) is 17.7 Å². The fraction of sp³-hybridized carbons (Fsp3) is 0.154. The lowest BCUT2D eigenvalue weighted by Gasteiger charge is -2.11. The Hall–Kier alpha value is -2.32. The molecule has 9 heteroatoms. The summed E-state index contributed by atoms with van der Waals surface area (Å²) in [5.41, 5.74) is -2.09. The van der Waals surface area contributed by atoms with Crippen molar-refractivity contribution in [2.75, 3.05) is 0 Å². The number of halogens is 7. The summed E-state index contributed by atoms with van der Waals surface area (Å²) in [6.07, 6.45) is -9.83. The lowest BCUT2D eigenvalue weighted by molar-refractivity contribution is -0.274. The highest BCUT2D eigenvalue weighted by molar-refractivity contribution is 5.61. The second-order valence-corrected chi connectivity index (χ2v) is 4.13. The molecule has 118 valence electrons. The maximum atomic E-state index is 13.3. The Kier molecular flexibility index (Phi) is 3.99. The van der Waals surface area contributed by atoms with Crippen LogP contribution in [0.1, 0.15) is 5.69 Å². The van der Waals surface area contributed by atoms with Gasteiger partial charge in [0.25, 0.3) is 0 Å². The van der Waals surface area contributed by atoms with E-state index in [0.29, 0.717) is 6.07 Å². The summed E-state index contributed by atoms with van der Waals surface area (Å²) >= 11 is 0. The summed E-state index contributed by atoms with van der Waals surface area (Å²) < 4.78 is 90.9. The first-order valence-electron chi connectivity index (χ1n) is 5.65. The number of hydrogen-bond acceptors (Lipinski definition) is 2. The van der Waals surface area contributed by atoms with E-state index in [9.17, 15) is 30.7 Å². The van der Waals surface area contributed by atoms with Crippen LogP contribution in [-0.4, -0.2) is 11.3 Å². The van der Waals surface area contributed by atoms with E-state index < -0.39 is 35.5 Å². The molecule has 0 saturated heterocycles. The van der Waals surface area contributed by atoms with Gasteiger partial charge < -0.3 is 4.74 Å². The molecule has 22 heavy (non-hydrogen) atoms. The molecule has 0 fully saturated rings. The SMILES string of the molecule is Fc1cc(-c2cccc(OC(F)(F)F)c2)nc(C(F)(F)F)c1. The molecular formula is C13H6F7NO. The average molecular weight is 325 g/mol. The van der Waals surface area contributed by atoms with Gasteiger partial charge in [0.2, 0.25) is 0 Å². The molecule has 2 rings (SSSR count). The van der Waals surface area contributed by atoms with Crippen LogP contribution < -0.4 is 4.74 Å². The van der Waals surface area contributed by atoms with E-state index in [1.807, 2.05) is 0 Å². The summed E-state index contributed by atoms with van der Waals surface area (Å²) in [5, 5.41) is 0. The predicted octanol–water partition coefficient (Wildman–Crippen LogP) is 4.81. The summed E-state index contributed by atoms with van der Waals surface area (Å²) in [7, 11) is 0. The van der Waals surface area contributed by atoms with E-state index in [2.05, 4.69) is 9.72 Å². The average Bonchev–Trinajstić information content (AvgIpc) is 2.35. The molecule has 0 atom stereocenters. The maximum Gasteiger partial charge on any atom is 0.573 e. The molecule has 0 aliphatic rings. The normalized spacial score (nSPS) is 12.3. The number of aromatic nitrogens is 1. The standard InChI is InChI=1S/C13H6F7NO/c14-8-5-10(21-11(6-8)12(15,16)17)7-2-1-3-9(4-7)22-13(18,19)20/h1-6H. The van der Waals surface area contributed by atoms with Gasteiger partial charge in [-0.15, -0.1) is 13.2 Å². The van der Waals surface area contributed by atoms with Gasteiger partial charge in [0.15, 0.2) is 0 Å². The zero-order chi connectivity index (χ0) is 16.5. The van der Waals surface area contributed by atoms with Crippen molar-refractivity contribution in [1.82, 2.24) is 4.98 Å². The van der Waals surface area contributed by atoms with E-state index in [1.54, 1.807) is 0 Å². The molecule has 0 aliphatic heterocycles. The first kappa shape index (κ1) is 16.1. The summed E-state index contributed by atoms with van der Waals surface area (Å²) in [5.74, 6) is -1.86. The highest BCUT2D eigenvalue weighted by Gasteiger charge is 2.34. The van der Waals surface area contributed by atoms with Crippen LogP contribution in [0.15, 0.2) is 36.4 Å². The fourth-order valence-electron chi connectivity index (χ4n) is 1.64. The zero-order valence-corrected chi connectivity index (χ0v) is 10.5. The largest absolute Gasteiger partial charge is 0.573 e. The number of alkyl halides is 6. The molecule has 1 aromatic heterocycles. The Morgan fingerprint density at radius 1 is 0.909 bits per heavy atom. The molecule has 0 bridgehead atoms. The Morgan fingerprint density at radius 2 is 1.59 bits per heavy atom. The van der Waals surface area contributed by atoms with Crippen LogP contribution in [0.5, 0.6) is 5.75 Å². The van der Waals surface area contributed by atoms with Crippen molar-refractivity contribution in [2.24, 2.45) is 0 Å². The number of rotatable bonds is 2. The number of benzene rings is 1. The van der Waals surface area contributed by atoms with E-state index in [0.717, 1.165) is 18.2 Å². The molecule has 1 aromatic carbocycles. The Morgan fingerprint density at radius 3 is 2.18 bits per heavy atom. The van der Waals surface area contributed by atoms with Gasteiger partial charge >= 0.3 is 12.5 Å². The van der Waals surface area contributed by atoms with Gasteiger partial charge in [-0.25, -0.2) is 9.37 Å². The second kappa shape index (κ2) is 5.47. The summed E-state index contributed by atoms with van der Waals surface area (Å²) in [6.45, 7) is 0. The van der Waals surface area contributed by atoms with Crippen LogP contribution in [0, 0.1) is 5.82 Å². The predicted molar refractivity (Wildman–Crippen MR) is 61.3 cm³/mol. The lowest BCUT2D eigenvalue weighted by Crippen LogP contribution is -2.17. The Bertz CT molecular complexity index is 679. The van der Waals surface area contributed by atoms with Crippen molar-refractivity contribution in [2.45, 2.75) is 12.5 Å². The molecule has 0 unspecified atom stereocenters. The molecule has 2 aromatic rings. The van der Waals surface area contributed by atoms with Gasteiger partial charge in [0.1, 0.15) is 17.3 Å². The summed E-state index contributed by atoms with van der Waals surface area (Å²) in [4.78, 5) is 3.21. The third-order valence-corrected chi connectivity index (χ3v) is 2.44. The Balaban J connectivity index is 2.44. The highest BCUT2D eigenvalue weighted by atomic mass is 19.4. The molecule has 2 nitrogen and oxygen atoms in total. The number of hydrogen-bond donors (Lipinski definition) is 0. The van der Waals surface area contributed by atoms with Gasteiger partial charge in [-0.3, -0.25) is 0 Å². The minimum atomic E-state index is -4.95. The quantitative estimate of drug-likeness (QED) is 0.740. The van der Waals surface area contributed by atoms with Crippen molar-refractivity contribution in [3.8, 4) is 17.0 Å². The van der Waals surface area contributed by atoms with Crippen molar-refractivity contribution in [1.29, 1.82) is 0 Å². The smallest absolute Gasteiger partial charge is 0.406 e. The Labute approximate surface area is 119 Å². The second-order valence-electron chi connectivity index (χ2n) is 4.13. The van der Waals surface area contributed by atoms with Gasteiger partial charge in [-0.1, -0.05) is 12.1 Å². The van der Waals surface area contributed by atoms with Gasteiger partial charge in [-0.2, -0.15) is 13.2 Å². The molecule has 0 amide bonds. The lowest BCUT2D eigenvalue weighted by atomic mass is 10.1. The molecule has 0 radical (unpaired) electrons. The molecule has 0 saturated carbocycles. The van der Waals surface area contributed by atoms with Crippen LogP contribution in [0.2, 0.25) is 0 Å². The topological polar surface area (TPSA) is 22.1 Å². The van der Waals surface area contributed by atoms with E-state index in [4.69, 9.17) is 0 Å². The number of nitrogens with zero attached hydrogens (tertiary/aromatic N) is 1. The van der Waals surface area contributed by atoms with Crippen LogP contribution in [-0.2, 0) is 6.18 Å². The number of ether oxygens (including phenoxy) is 1. The number of pyridine rings is 1. The molecule has 0 spiro atoms. The van der Waals surface area contributed by atoms with Gasteiger partial charge in [-0.05, 0) is 12.1 Å². The molecule has 0 aliphatic carbocycles. The minimum Gasteiger partial charge on any atom is -0.406 e. The van der Waals surface area contributed by atoms with Crippen molar-refractivity contribution in [3.63, 3.8) is 0 Å². The van der Waals surface area contributed by atoms with E-state index in [-0.39, 0.29) is 11.6 Å². The third-order valence-electron chi connectivity index (χ3n) is 2.44. The van der Waals surface area contributed by atoms with Crippen LogP contribution in [0.25, 0.3) is 11.3 Å². The third kappa shape index (κ3) is 4.09. The molecule has 0 N–H and O–H groups in total. The van der Waals surface area contributed by atoms with E-state index >= 15 is 0 Å². The maximum absolute atomic E-state index is 13.3. The highest BCUT2D eigenvalue weighted by Crippen LogP contribution is 2.32. The van der Waals surface area contributed by atoms with Crippen LogP contribution in [0.4, 0.5) is 30.7 Å². The molecule has 1 heterocycles. The molecular weight excluding hydrogens is 319 g/mol. The fourth-order valence-corrected chi connectivity index (χ4v) is 1.64. The van der Waals surface area contributed by atoms with Crippen LogP contribution >= 0.6 is 0 Å².